The summed E-state index contributed by atoms with van der Waals surface area (Å²) in [5, 5.41) is 3.82. The Hall–Kier alpha value is -1.43. The molecule has 0 spiro atoms. The highest BCUT2D eigenvalue weighted by Gasteiger charge is 2.15. The highest BCUT2D eigenvalue weighted by Crippen LogP contribution is 2.28. The number of aromatic nitrogens is 3. The third-order valence-electron chi connectivity index (χ3n) is 3.30. The maximum Gasteiger partial charge on any atom is 0.160 e. The number of aryl methyl sites for hydroxylation is 1. The van der Waals surface area contributed by atoms with Crippen molar-refractivity contribution in [3.8, 4) is 11.5 Å². The Kier molecular flexibility index (Phi) is 4.24. The smallest absolute Gasteiger partial charge is 0.160 e. The molecule has 0 aliphatic rings. The van der Waals surface area contributed by atoms with E-state index in [1.165, 1.54) is 0 Å². The van der Waals surface area contributed by atoms with Gasteiger partial charge in [-0.1, -0.05) is 18.5 Å². The van der Waals surface area contributed by atoms with Crippen molar-refractivity contribution in [3.05, 3.63) is 33.6 Å². The minimum Gasteiger partial charge on any atom is -0.330 e. The van der Waals surface area contributed by atoms with Gasteiger partial charge in [-0.25, -0.2) is 9.97 Å². The number of benzene rings is 1. The molecule has 0 unspecified atom stereocenters. The average molecular weight is 321 g/mol. The zero-order valence-corrected chi connectivity index (χ0v) is 13.4. The molecule has 2 N–H and O–H groups in total. The fourth-order valence-electron chi connectivity index (χ4n) is 2.40. The lowest BCUT2D eigenvalue weighted by Crippen LogP contribution is -2.03. The molecule has 2 heterocycles. The number of fused-ring (bicyclic) bond motifs is 1. The van der Waals surface area contributed by atoms with Crippen molar-refractivity contribution in [2.24, 2.45) is 5.73 Å². The van der Waals surface area contributed by atoms with Crippen LogP contribution in [0.25, 0.3) is 22.6 Å². The van der Waals surface area contributed by atoms with E-state index in [2.05, 4.69) is 21.9 Å². The third kappa shape index (κ3) is 2.81. The number of hydrogen-bond donors (Lipinski definition) is 1. The molecule has 21 heavy (non-hydrogen) atoms. The van der Waals surface area contributed by atoms with Crippen LogP contribution in [0.2, 0.25) is 5.02 Å². The normalized spacial score (nSPS) is 11.4. The number of nitrogens with zero attached hydrogens (tertiary/aromatic N) is 3. The van der Waals surface area contributed by atoms with Crippen molar-refractivity contribution < 1.29 is 0 Å². The molecule has 0 radical (unpaired) electrons. The van der Waals surface area contributed by atoms with Crippen LogP contribution in [-0.4, -0.2) is 21.1 Å². The Morgan fingerprint density at radius 3 is 2.95 bits per heavy atom. The molecule has 0 fully saturated rings. The van der Waals surface area contributed by atoms with Crippen molar-refractivity contribution in [3.63, 3.8) is 0 Å². The molecule has 0 atom stereocenters. The summed E-state index contributed by atoms with van der Waals surface area (Å²) in [6, 6.07) is 5.83. The molecule has 3 aromatic rings. The molecule has 0 bridgehead atoms. The van der Waals surface area contributed by atoms with E-state index < -0.39 is 0 Å². The molecule has 0 saturated heterocycles. The Balaban J connectivity index is 2.12. The first-order chi connectivity index (χ1) is 10.2. The lowest BCUT2D eigenvalue weighted by atomic mass is 10.3. The van der Waals surface area contributed by atoms with Crippen LogP contribution >= 0.6 is 22.9 Å². The second kappa shape index (κ2) is 6.13. The van der Waals surface area contributed by atoms with Gasteiger partial charge in [0.2, 0.25) is 0 Å². The first-order valence-corrected chi connectivity index (χ1v) is 8.29. The van der Waals surface area contributed by atoms with Gasteiger partial charge in [-0.15, -0.1) is 11.3 Å². The van der Waals surface area contributed by atoms with Crippen LogP contribution in [0.3, 0.4) is 0 Å². The van der Waals surface area contributed by atoms with Crippen molar-refractivity contribution >= 4 is 34.0 Å². The fourth-order valence-corrected chi connectivity index (χ4v) is 3.36. The first kappa shape index (κ1) is 14.5. The van der Waals surface area contributed by atoms with E-state index in [0.29, 0.717) is 11.6 Å². The van der Waals surface area contributed by atoms with Crippen molar-refractivity contribution in [2.75, 3.05) is 6.54 Å². The first-order valence-electron chi connectivity index (χ1n) is 7.03. The maximum absolute atomic E-state index is 6.07. The summed E-state index contributed by atoms with van der Waals surface area (Å²) in [5.74, 6) is 0.911. The number of imidazole rings is 1. The summed E-state index contributed by atoms with van der Waals surface area (Å²) in [7, 11) is 0. The quantitative estimate of drug-likeness (QED) is 0.779. The van der Waals surface area contributed by atoms with Crippen LogP contribution in [0.4, 0.5) is 0 Å². The molecule has 110 valence electrons. The number of nitrogens with two attached hydrogens (primary N) is 1. The van der Waals surface area contributed by atoms with Gasteiger partial charge in [0.25, 0.3) is 0 Å². The Labute approximate surface area is 132 Å². The topological polar surface area (TPSA) is 56.7 Å². The predicted molar refractivity (Wildman–Crippen MR) is 88.9 cm³/mol. The van der Waals surface area contributed by atoms with Crippen molar-refractivity contribution in [1.82, 2.24) is 14.5 Å². The van der Waals surface area contributed by atoms with E-state index in [1.54, 1.807) is 11.3 Å². The highest BCUT2D eigenvalue weighted by molar-refractivity contribution is 7.09. The standard InChI is InChI=1S/C15H17ClN4S/c1-2-7-20-13-4-3-10(16)8-11(13)19-15(20)12-9-21-14(18-12)5-6-17/h3-4,8-9H,2,5-7,17H2,1H3. The summed E-state index contributed by atoms with van der Waals surface area (Å²) in [5.41, 5.74) is 8.53. The van der Waals surface area contributed by atoms with E-state index in [4.69, 9.17) is 22.3 Å². The summed E-state index contributed by atoms with van der Waals surface area (Å²) in [6.07, 6.45) is 1.85. The molecule has 3 rings (SSSR count). The van der Waals surface area contributed by atoms with Gasteiger partial charge >= 0.3 is 0 Å². The monoisotopic (exact) mass is 320 g/mol. The summed E-state index contributed by atoms with van der Waals surface area (Å²) >= 11 is 7.71. The second-order valence-electron chi connectivity index (χ2n) is 4.89. The number of halogens is 1. The van der Waals surface area contributed by atoms with Gasteiger partial charge in [0.05, 0.1) is 16.0 Å². The van der Waals surface area contributed by atoms with Gasteiger partial charge in [-0.3, -0.25) is 0 Å². The highest BCUT2D eigenvalue weighted by atomic mass is 35.5. The lowest BCUT2D eigenvalue weighted by molar-refractivity contribution is 0.702. The minimum atomic E-state index is 0.619. The van der Waals surface area contributed by atoms with Gasteiger partial charge in [0.1, 0.15) is 5.69 Å². The molecule has 4 nitrogen and oxygen atoms in total. The molecule has 0 amide bonds. The van der Waals surface area contributed by atoms with Crippen molar-refractivity contribution in [1.29, 1.82) is 0 Å². The van der Waals surface area contributed by atoms with Crippen LogP contribution < -0.4 is 5.73 Å². The van der Waals surface area contributed by atoms with Crippen LogP contribution in [0.1, 0.15) is 18.4 Å². The molecule has 0 aliphatic heterocycles. The summed E-state index contributed by atoms with van der Waals surface area (Å²) in [4.78, 5) is 9.38. The third-order valence-corrected chi connectivity index (χ3v) is 4.44. The van der Waals surface area contributed by atoms with E-state index in [0.717, 1.165) is 46.9 Å². The fraction of sp³-hybridized carbons (Fsp3) is 0.333. The SMILES string of the molecule is CCCn1c(-c2csc(CCN)n2)nc2cc(Cl)ccc21. The van der Waals surface area contributed by atoms with Crippen LogP contribution in [-0.2, 0) is 13.0 Å². The van der Waals surface area contributed by atoms with Crippen LogP contribution in [0, 0.1) is 0 Å². The van der Waals surface area contributed by atoms with E-state index in [1.807, 2.05) is 18.2 Å². The van der Waals surface area contributed by atoms with E-state index >= 15 is 0 Å². The Morgan fingerprint density at radius 2 is 2.19 bits per heavy atom. The maximum atomic E-state index is 6.07. The predicted octanol–water partition coefficient (Wildman–Crippen LogP) is 3.72. The lowest BCUT2D eigenvalue weighted by Gasteiger charge is -2.05. The zero-order chi connectivity index (χ0) is 14.8. The summed E-state index contributed by atoms with van der Waals surface area (Å²) in [6.45, 7) is 3.69. The molecule has 0 saturated carbocycles. The van der Waals surface area contributed by atoms with Gasteiger partial charge in [0.15, 0.2) is 5.82 Å². The Bertz CT molecular complexity index is 762. The summed E-state index contributed by atoms with van der Waals surface area (Å²) < 4.78 is 2.22. The van der Waals surface area contributed by atoms with Gasteiger partial charge in [0, 0.05) is 23.4 Å². The van der Waals surface area contributed by atoms with Crippen molar-refractivity contribution in [2.45, 2.75) is 26.3 Å². The number of rotatable bonds is 5. The average Bonchev–Trinajstić information content (AvgIpc) is 3.04. The van der Waals surface area contributed by atoms with Gasteiger partial charge in [-0.05, 0) is 31.2 Å². The van der Waals surface area contributed by atoms with E-state index in [9.17, 15) is 0 Å². The minimum absolute atomic E-state index is 0.619. The number of hydrogen-bond acceptors (Lipinski definition) is 4. The zero-order valence-electron chi connectivity index (χ0n) is 11.8. The van der Waals surface area contributed by atoms with Gasteiger partial charge < -0.3 is 10.3 Å². The van der Waals surface area contributed by atoms with Crippen LogP contribution in [0.15, 0.2) is 23.6 Å². The molecule has 6 heteroatoms. The molecule has 0 aliphatic carbocycles. The molecular formula is C15H17ClN4S. The van der Waals surface area contributed by atoms with E-state index in [-0.39, 0.29) is 0 Å². The largest absolute Gasteiger partial charge is 0.330 e. The number of thiazole rings is 1. The molecule has 2 aromatic heterocycles. The van der Waals surface area contributed by atoms with Gasteiger partial charge in [-0.2, -0.15) is 0 Å². The second-order valence-corrected chi connectivity index (χ2v) is 6.26. The van der Waals surface area contributed by atoms with Crippen LogP contribution in [0.5, 0.6) is 0 Å². The molecule has 1 aromatic carbocycles. The Morgan fingerprint density at radius 1 is 1.33 bits per heavy atom. The molecular weight excluding hydrogens is 304 g/mol.